The van der Waals surface area contributed by atoms with Gasteiger partial charge in [0, 0.05) is 36.3 Å². The summed E-state index contributed by atoms with van der Waals surface area (Å²) in [6.45, 7) is 3.00. The molecular formula is C17H20BrNO4. The number of piperidine rings is 1. The number of carbonyl (C=O) groups excluding carboxylic acids is 1. The Hall–Kier alpha value is -1.40. The number of carbonyl (C=O) groups is 2. The Morgan fingerprint density at radius 3 is 2.52 bits per heavy atom. The summed E-state index contributed by atoms with van der Waals surface area (Å²) in [4.78, 5) is 25.9. The van der Waals surface area contributed by atoms with E-state index in [9.17, 15) is 9.59 Å². The van der Waals surface area contributed by atoms with Crippen molar-refractivity contribution in [2.75, 3.05) is 26.3 Å². The highest BCUT2D eigenvalue weighted by molar-refractivity contribution is 9.10. The van der Waals surface area contributed by atoms with Gasteiger partial charge >= 0.3 is 5.97 Å². The van der Waals surface area contributed by atoms with E-state index in [-0.39, 0.29) is 16.9 Å². The van der Waals surface area contributed by atoms with Gasteiger partial charge in [0.2, 0.25) is 0 Å². The molecule has 1 aromatic rings. The molecule has 1 spiro atoms. The van der Waals surface area contributed by atoms with E-state index in [2.05, 4.69) is 15.9 Å². The summed E-state index contributed by atoms with van der Waals surface area (Å²) in [5.41, 5.74) is 0.731. The van der Waals surface area contributed by atoms with Gasteiger partial charge in [-0.1, -0.05) is 15.9 Å². The van der Waals surface area contributed by atoms with Crippen LogP contribution in [-0.4, -0.2) is 48.2 Å². The highest BCUT2D eigenvalue weighted by Crippen LogP contribution is 2.39. The standard InChI is InChI=1S/C17H20BrNO4/c18-14-9-12(8-13(10-14)16(21)22)15(20)19-5-1-2-17(11-19)3-6-23-7-4-17/h8-10H,1-7,11H2,(H,21,22). The molecule has 6 heteroatoms. The zero-order chi connectivity index (χ0) is 16.4. The lowest BCUT2D eigenvalue weighted by molar-refractivity contribution is -0.0229. The van der Waals surface area contributed by atoms with Gasteiger partial charge in [-0.2, -0.15) is 0 Å². The quantitative estimate of drug-likeness (QED) is 0.853. The molecule has 0 saturated carbocycles. The molecule has 23 heavy (non-hydrogen) atoms. The van der Waals surface area contributed by atoms with E-state index in [1.807, 2.05) is 4.90 Å². The molecule has 0 unspecified atom stereocenters. The summed E-state index contributed by atoms with van der Waals surface area (Å²) in [7, 11) is 0. The number of hydrogen-bond donors (Lipinski definition) is 1. The average Bonchev–Trinajstić information content (AvgIpc) is 2.54. The van der Waals surface area contributed by atoms with E-state index in [1.54, 1.807) is 6.07 Å². The first kappa shape index (κ1) is 16.5. The number of benzene rings is 1. The van der Waals surface area contributed by atoms with Gasteiger partial charge in [-0.3, -0.25) is 4.79 Å². The summed E-state index contributed by atoms with van der Waals surface area (Å²) < 4.78 is 6.07. The van der Waals surface area contributed by atoms with Crippen LogP contribution in [-0.2, 0) is 4.74 Å². The Morgan fingerprint density at radius 2 is 1.83 bits per heavy atom. The zero-order valence-corrected chi connectivity index (χ0v) is 14.5. The van der Waals surface area contributed by atoms with Crippen LogP contribution in [0.5, 0.6) is 0 Å². The summed E-state index contributed by atoms with van der Waals surface area (Å²) in [5, 5.41) is 9.16. The number of hydrogen-bond acceptors (Lipinski definition) is 3. The van der Waals surface area contributed by atoms with Crippen LogP contribution in [0.2, 0.25) is 0 Å². The van der Waals surface area contributed by atoms with Gasteiger partial charge in [0.15, 0.2) is 0 Å². The summed E-state index contributed by atoms with van der Waals surface area (Å²) >= 11 is 3.29. The van der Waals surface area contributed by atoms with Crippen LogP contribution < -0.4 is 0 Å². The maximum Gasteiger partial charge on any atom is 0.335 e. The fourth-order valence-electron chi connectivity index (χ4n) is 3.61. The van der Waals surface area contributed by atoms with Crippen LogP contribution >= 0.6 is 15.9 Å². The highest BCUT2D eigenvalue weighted by atomic mass is 79.9. The van der Waals surface area contributed by atoms with Gasteiger partial charge in [0.1, 0.15) is 0 Å². The molecule has 2 fully saturated rings. The molecule has 0 bridgehead atoms. The Kier molecular flexibility index (Phi) is 4.73. The monoisotopic (exact) mass is 381 g/mol. The fourth-order valence-corrected chi connectivity index (χ4v) is 4.11. The van der Waals surface area contributed by atoms with Crippen molar-refractivity contribution in [1.29, 1.82) is 0 Å². The second-order valence-corrected chi connectivity index (χ2v) is 7.39. The third kappa shape index (κ3) is 3.58. The number of aromatic carboxylic acids is 1. The predicted octanol–water partition coefficient (Wildman–Crippen LogP) is 3.18. The topological polar surface area (TPSA) is 66.8 Å². The maximum absolute atomic E-state index is 12.8. The highest BCUT2D eigenvalue weighted by Gasteiger charge is 2.38. The van der Waals surface area contributed by atoms with E-state index >= 15 is 0 Å². The molecule has 1 aromatic carbocycles. The number of carboxylic acids is 1. The van der Waals surface area contributed by atoms with Crippen LogP contribution in [0.1, 0.15) is 46.4 Å². The molecule has 2 heterocycles. The minimum Gasteiger partial charge on any atom is -0.478 e. The van der Waals surface area contributed by atoms with Gasteiger partial charge in [-0.05, 0) is 49.3 Å². The van der Waals surface area contributed by atoms with Crippen molar-refractivity contribution in [2.24, 2.45) is 5.41 Å². The summed E-state index contributed by atoms with van der Waals surface area (Å²) in [5.74, 6) is -1.11. The van der Waals surface area contributed by atoms with Gasteiger partial charge in [0.05, 0.1) is 5.56 Å². The largest absolute Gasteiger partial charge is 0.478 e. The number of nitrogens with zero attached hydrogens (tertiary/aromatic N) is 1. The Labute approximate surface area is 143 Å². The molecule has 0 atom stereocenters. The summed E-state index contributed by atoms with van der Waals surface area (Å²) in [6.07, 6.45) is 4.12. The molecule has 124 valence electrons. The van der Waals surface area contributed by atoms with Crippen molar-refractivity contribution in [2.45, 2.75) is 25.7 Å². The SMILES string of the molecule is O=C(O)c1cc(Br)cc(C(=O)N2CCCC3(CCOCC3)C2)c1. The molecule has 1 amide bonds. The van der Waals surface area contributed by atoms with Gasteiger partial charge in [-0.15, -0.1) is 0 Å². The predicted molar refractivity (Wildman–Crippen MR) is 88.7 cm³/mol. The molecule has 0 aromatic heterocycles. The lowest BCUT2D eigenvalue weighted by Crippen LogP contribution is -2.48. The number of likely N-dealkylation sites (tertiary alicyclic amines) is 1. The van der Waals surface area contributed by atoms with Crippen molar-refractivity contribution < 1.29 is 19.4 Å². The second-order valence-electron chi connectivity index (χ2n) is 6.48. The molecule has 1 N–H and O–H groups in total. The smallest absolute Gasteiger partial charge is 0.335 e. The van der Waals surface area contributed by atoms with Crippen LogP contribution in [0.15, 0.2) is 22.7 Å². The lowest BCUT2D eigenvalue weighted by atomic mass is 9.74. The first-order valence-electron chi connectivity index (χ1n) is 7.90. The Bertz CT molecular complexity index is 620. The maximum atomic E-state index is 12.8. The van der Waals surface area contributed by atoms with Crippen LogP contribution in [0.25, 0.3) is 0 Å². The third-order valence-corrected chi connectivity index (χ3v) is 5.35. The third-order valence-electron chi connectivity index (χ3n) is 4.89. The number of rotatable bonds is 2. The van der Waals surface area contributed by atoms with Crippen LogP contribution in [0.4, 0.5) is 0 Å². The molecule has 0 aliphatic carbocycles. The number of ether oxygens (including phenoxy) is 1. The molecule has 3 rings (SSSR count). The van der Waals surface area contributed by atoms with Crippen molar-refractivity contribution in [1.82, 2.24) is 4.90 Å². The molecular weight excluding hydrogens is 362 g/mol. The van der Waals surface area contributed by atoms with Gasteiger partial charge in [-0.25, -0.2) is 4.79 Å². The lowest BCUT2D eigenvalue weighted by Gasteiger charge is -2.45. The first-order chi connectivity index (χ1) is 11.0. The van der Waals surface area contributed by atoms with Crippen molar-refractivity contribution in [3.05, 3.63) is 33.8 Å². The summed E-state index contributed by atoms with van der Waals surface area (Å²) in [6, 6.07) is 4.66. The molecule has 2 aliphatic heterocycles. The fraction of sp³-hybridized carbons (Fsp3) is 0.529. The first-order valence-corrected chi connectivity index (χ1v) is 8.69. The normalized spacial score (nSPS) is 20.5. The van der Waals surface area contributed by atoms with E-state index < -0.39 is 5.97 Å². The zero-order valence-electron chi connectivity index (χ0n) is 12.9. The number of amides is 1. The molecule has 2 saturated heterocycles. The average molecular weight is 382 g/mol. The second kappa shape index (κ2) is 6.61. The van der Waals surface area contributed by atoms with Crippen molar-refractivity contribution in [3.63, 3.8) is 0 Å². The van der Waals surface area contributed by atoms with E-state index in [0.29, 0.717) is 10.0 Å². The number of halogens is 1. The molecule has 0 radical (unpaired) electrons. The van der Waals surface area contributed by atoms with Crippen molar-refractivity contribution in [3.8, 4) is 0 Å². The molecule has 5 nitrogen and oxygen atoms in total. The van der Waals surface area contributed by atoms with Crippen LogP contribution in [0, 0.1) is 5.41 Å². The van der Waals surface area contributed by atoms with E-state index in [0.717, 1.165) is 52.0 Å². The van der Waals surface area contributed by atoms with E-state index in [1.165, 1.54) is 12.1 Å². The molecule has 2 aliphatic rings. The van der Waals surface area contributed by atoms with Gasteiger partial charge in [0.25, 0.3) is 5.91 Å². The number of carboxylic acid groups (broad SMARTS) is 1. The van der Waals surface area contributed by atoms with Crippen molar-refractivity contribution >= 4 is 27.8 Å². The van der Waals surface area contributed by atoms with E-state index in [4.69, 9.17) is 9.84 Å². The van der Waals surface area contributed by atoms with Gasteiger partial charge < -0.3 is 14.7 Å². The minimum atomic E-state index is -1.03. The minimum absolute atomic E-state index is 0.0839. The Balaban J connectivity index is 1.81. The van der Waals surface area contributed by atoms with Crippen LogP contribution in [0.3, 0.4) is 0 Å². The Morgan fingerprint density at radius 1 is 1.13 bits per heavy atom.